The number of sulfone groups is 1. The molecule has 4 atom stereocenters. The average molecular weight is 593 g/mol. The maximum atomic E-state index is 14.6. The molecule has 10 heteroatoms. The number of ether oxygens (including phenoxy) is 6. The van der Waals surface area contributed by atoms with Crippen LogP contribution in [0.1, 0.15) is 30.9 Å². The van der Waals surface area contributed by atoms with Crippen LogP contribution in [0, 0.1) is 5.92 Å². The molecule has 1 aliphatic carbocycles. The number of carbonyl (C=O) groups is 1. The summed E-state index contributed by atoms with van der Waals surface area (Å²) in [5, 5.41) is 0.0688. The SMILES string of the molecule is C=CCOc1c2c(cc3c(OC)ccc(OC)c13)[C@]13O[C@](CC)(CC1=O)[C@H](S(=O)(=O)c1ccccc1)[C@H]3C21OCCO1. The lowest BCUT2D eigenvalue weighted by atomic mass is 9.70. The number of methoxy groups -OCH3 is 2. The smallest absolute Gasteiger partial charge is 0.206 e. The average Bonchev–Trinajstić information content (AvgIpc) is 3.74. The fourth-order valence-electron chi connectivity index (χ4n) is 7.79. The summed E-state index contributed by atoms with van der Waals surface area (Å²) in [6.45, 7) is 6.20. The van der Waals surface area contributed by atoms with Crippen molar-refractivity contribution in [2.75, 3.05) is 34.0 Å². The third kappa shape index (κ3) is 3.18. The van der Waals surface area contributed by atoms with Crippen LogP contribution in [0.4, 0.5) is 0 Å². The van der Waals surface area contributed by atoms with Crippen molar-refractivity contribution in [2.45, 2.75) is 46.9 Å². The van der Waals surface area contributed by atoms with Crippen molar-refractivity contribution in [2.24, 2.45) is 5.92 Å². The summed E-state index contributed by atoms with van der Waals surface area (Å²) in [7, 11) is -0.938. The fraction of sp³-hybridized carbons (Fsp3) is 0.406. The number of carbonyl (C=O) groups excluding carboxylic acids is 1. The van der Waals surface area contributed by atoms with Crippen LogP contribution in [-0.4, -0.2) is 59.1 Å². The van der Waals surface area contributed by atoms with Gasteiger partial charge in [-0.05, 0) is 36.8 Å². The lowest BCUT2D eigenvalue weighted by Crippen LogP contribution is -2.56. The standard InChI is InChI=1S/C32H32O9S/c1-5-14-38-27-25-20(22(36-3)12-13-23(25)37-4)17-21-26(27)32(39-15-16-40-32)28-29(42(34,35)19-10-8-7-9-11-19)30(6-2)18-24(33)31(21,28)41-30/h5,7-13,17,28-29H,1,6,14-16,18H2,2-4H3/t28-,29-,30-,31+/m1/s1. The van der Waals surface area contributed by atoms with Crippen LogP contribution in [0.15, 0.2) is 66.1 Å². The minimum absolute atomic E-state index is 0.0532. The highest BCUT2D eigenvalue weighted by Crippen LogP contribution is 2.73. The first-order chi connectivity index (χ1) is 20.3. The van der Waals surface area contributed by atoms with Gasteiger partial charge in [0.2, 0.25) is 5.79 Å². The van der Waals surface area contributed by atoms with Crippen molar-refractivity contribution in [3.8, 4) is 17.2 Å². The van der Waals surface area contributed by atoms with Gasteiger partial charge < -0.3 is 28.4 Å². The fourth-order valence-corrected chi connectivity index (χ4v) is 10.2. The van der Waals surface area contributed by atoms with Gasteiger partial charge in [0.25, 0.3) is 0 Å². The molecule has 3 heterocycles. The van der Waals surface area contributed by atoms with E-state index in [4.69, 9.17) is 28.4 Å². The highest BCUT2D eigenvalue weighted by Gasteiger charge is 2.84. The van der Waals surface area contributed by atoms with Gasteiger partial charge in [0.05, 0.1) is 54.8 Å². The molecule has 9 nitrogen and oxygen atoms in total. The third-order valence-corrected chi connectivity index (χ3v) is 11.6. The maximum absolute atomic E-state index is 14.6. The predicted octanol–water partition coefficient (Wildman–Crippen LogP) is 4.44. The first-order valence-electron chi connectivity index (χ1n) is 14.0. The summed E-state index contributed by atoms with van der Waals surface area (Å²) in [5.74, 6) is -1.49. The predicted molar refractivity (Wildman–Crippen MR) is 153 cm³/mol. The Morgan fingerprint density at radius 2 is 1.74 bits per heavy atom. The van der Waals surface area contributed by atoms with Gasteiger partial charge in [-0.3, -0.25) is 4.79 Å². The van der Waals surface area contributed by atoms with Crippen molar-refractivity contribution >= 4 is 26.4 Å². The second-order valence-electron chi connectivity index (χ2n) is 11.1. The minimum Gasteiger partial charge on any atom is -0.496 e. The summed E-state index contributed by atoms with van der Waals surface area (Å²) < 4.78 is 67.0. The monoisotopic (exact) mass is 592 g/mol. The van der Waals surface area contributed by atoms with Crippen molar-refractivity contribution < 1.29 is 41.6 Å². The Morgan fingerprint density at radius 1 is 1.05 bits per heavy atom. The van der Waals surface area contributed by atoms with E-state index in [1.165, 1.54) is 0 Å². The molecule has 0 aromatic heterocycles. The molecule has 3 aromatic rings. The molecule has 0 saturated carbocycles. The lowest BCUT2D eigenvalue weighted by molar-refractivity contribution is -0.216. The van der Waals surface area contributed by atoms with Crippen LogP contribution in [-0.2, 0) is 40.2 Å². The van der Waals surface area contributed by atoms with Crippen molar-refractivity contribution in [3.05, 3.63) is 72.3 Å². The van der Waals surface area contributed by atoms with Gasteiger partial charge in [-0.1, -0.05) is 37.8 Å². The number of hydrogen-bond donors (Lipinski definition) is 0. The molecule has 2 bridgehead atoms. The Morgan fingerprint density at radius 3 is 2.38 bits per heavy atom. The van der Waals surface area contributed by atoms with Gasteiger partial charge in [-0.25, -0.2) is 8.42 Å². The number of hydrogen-bond acceptors (Lipinski definition) is 9. The quantitative estimate of drug-likeness (QED) is 0.351. The highest BCUT2D eigenvalue weighted by molar-refractivity contribution is 7.92. The number of ketones is 1. The Bertz CT molecular complexity index is 1730. The molecule has 4 aliphatic rings. The summed E-state index contributed by atoms with van der Waals surface area (Å²) >= 11 is 0. The van der Waals surface area contributed by atoms with E-state index >= 15 is 0 Å². The van der Waals surface area contributed by atoms with Crippen LogP contribution in [0.2, 0.25) is 0 Å². The number of rotatable bonds is 8. The van der Waals surface area contributed by atoms with Crippen molar-refractivity contribution in [3.63, 3.8) is 0 Å². The Labute approximate surface area is 244 Å². The van der Waals surface area contributed by atoms with Crippen LogP contribution in [0.5, 0.6) is 17.2 Å². The van der Waals surface area contributed by atoms with Crippen LogP contribution >= 0.6 is 0 Å². The minimum atomic E-state index is -4.05. The highest BCUT2D eigenvalue weighted by atomic mass is 32.2. The molecule has 220 valence electrons. The third-order valence-electron chi connectivity index (χ3n) is 9.34. The van der Waals surface area contributed by atoms with E-state index < -0.39 is 38.0 Å². The molecule has 0 unspecified atom stereocenters. The lowest BCUT2D eigenvalue weighted by Gasteiger charge is -2.40. The van der Waals surface area contributed by atoms with E-state index in [1.807, 2.05) is 13.0 Å². The zero-order valence-corrected chi connectivity index (χ0v) is 24.5. The number of Topliss-reactive ketones (excluding diaryl/α,β-unsaturated/α-hetero) is 1. The van der Waals surface area contributed by atoms with E-state index in [0.717, 1.165) is 0 Å². The first kappa shape index (κ1) is 27.4. The van der Waals surface area contributed by atoms with E-state index in [-0.39, 0.29) is 36.9 Å². The molecule has 0 amide bonds. The molecular weight excluding hydrogens is 560 g/mol. The Balaban J connectivity index is 1.62. The molecule has 0 N–H and O–H groups in total. The largest absolute Gasteiger partial charge is 0.496 e. The maximum Gasteiger partial charge on any atom is 0.206 e. The number of fused-ring (bicyclic) bond motifs is 5. The molecule has 7 rings (SSSR count). The summed E-state index contributed by atoms with van der Waals surface area (Å²) in [4.78, 5) is 14.5. The summed E-state index contributed by atoms with van der Waals surface area (Å²) in [6, 6.07) is 13.7. The van der Waals surface area contributed by atoms with Crippen molar-refractivity contribution in [1.29, 1.82) is 0 Å². The molecule has 42 heavy (non-hydrogen) atoms. The van der Waals surface area contributed by atoms with Gasteiger partial charge in [0.1, 0.15) is 29.1 Å². The summed E-state index contributed by atoms with van der Waals surface area (Å²) in [6.07, 6.45) is 1.86. The zero-order valence-electron chi connectivity index (χ0n) is 23.7. The van der Waals surface area contributed by atoms with Crippen LogP contribution in [0.3, 0.4) is 0 Å². The molecule has 3 saturated heterocycles. The second-order valence-corrected chi connectivity index (χ2v) is 13.2. The van der Waals surface area contributed by atoms with Gasteiger partial charge in [0, 0.05) is 17.4 Å². The Hall–Kier alpha value is -3.44. The van der Waals surface area contributed by atoms with Gasteiger partial charge in [-0.15, -0.1) is 0 Å². The first-order valence-corrected chi connectivity index (χ1v) is 15.6. The van der Waals surface area contributed by atoms with Crippen LogP contribution < -0.4 is 14.2 Å². The van der Waals surface area contributed by atoms with E-state index in [1.54, 1.807) is 62.8 Å². The zero-order chi connectivity index (χ0) is 29.5. The van der Waals surface area contributed by atoms with Gasteiger partial charge >= 0.3 is 0 Å². The molecule has 3 fully saturated rings. The molecular formula is C32H32O9S. The van der Waals surface area contributed by atoms with Gasteiger partial charge in [-0.2, -0.15) is 0 Å². The van der Waals surface area contributed by atoms with Gasteiger partial charge in [0.15, 0.2) is 21.2 Å². The van der Waals surface area contributed by atoms with Crippen LogP contribution in [0.25, 0.3) is 10.8 Å². The molecule has 0 radical (unpaired) electrons. The Kier molecular flexibility index (Phi) is 6.05. The normalized spacial score (nSPS) is 28.7. The van der Waals surface area contributed by atoms with E-state index in [2.05, 4.69) is 6.58 Å². The van der Waals surface area contributed by atoms with Crippen molar-refractivity contribution in [1.82, 2.24) is 0 Å². The van der Waals surface area contributed by atoms with E-state index in [9.17, 15) is 13.2 Å². The number of benzene rings is 3. The summed E-state index contributed by atoms with van der Waals surface area (Å²) in [5.41, 5.74) is -2.00. The molecule has 2 spiro atoms. The van der Waals surface area contributed by atoms with E-state index in [0.29, 0.717) is 45.6 Å². The molecule has 3 aliphatic heterocycles. The topological polar surface area (TPSA) is 107 Å². The molecule has 3 aromatic carbocycles. The second kappa shape index (κ2) is 9.28.